The topological polar surface area (TPSA) is 126 Å². The van der Waals surface area contributed by atoms with E-state index in [1.165, 1.54) is 16.7 Å². The Kier molecular flexibility index (Phi) is 13.5. The summed E-state index contributed by atoms with van der Waals surface area (Å²) in [5.41, 5.74) is 18.3. The monoisotopic (exact) mass is 589 g/mol. The standard InChI is InChI=1S/C35H47N3O5/c1-24(2)30-20-28(13-14-33(30)43-22-27-10-6-5-7-11-27)21-31-25(3)18-29(19-26(31)4)42-23-34(39)41-17-16-38-35(40)32(37)12-8-9-15-36/h5-7,10-11,13-14,18-20,24,32H,8-9,12,15-17,21-23,36-37H2,1-4H3,(H,38,40). The van der Waals surface area contributed by atoms with Crippen molar-refractivity contribution < 1.29 is 23.8 Å². The first kappa shape index (κ1) is 33.6. The average molecular weight is 590 g/mol. The van der Waals surface area contributed by atoms with E-state index in [9.17, 15) is 9.59 Å². The molecule has 43 heavy (non-hydrogen) atoms. The van der Waals surface area contributed by atoms with Gasteiger partial charge < -0.3 is 31.0 Å². The molecule has 3 rings (SSSR count). The van der Waals surface area contributed by atoms with Crippen LogP contribution in [0.4, 0.5) is 0 Å². The van der Waals surface area contributed by atoms with Gasteiger partial charge in [0.15, 0.2) is 6.61 Å². The first-order valence-corrected chi connectivity index (χ1v) is 15.1. The molecule has 1 atom stereocenters. The molecule has 3 aromatic carbocycles. The minimum Gasteiger partial charge on any atom is -0.489 e. The number of amides is 1. The first-order valence-electron chi connectivity index (χ1n) is 15.1. The van der Waals surface area contributed by atoms with Gasteiger partial charge in [0.2, 0.25) is 5.91 Å². The van der Waals surface area contributed by atoms with Crippen LogP contribution in [-0.2, 0) is 27.4 Å². The molecule has 0 aliphatic rings. The third kappa shape index (κ3) is 11.0. The van der Waals surface area contributed by atoms with Gasteiger partial charge >= 0.3 is 5.97 Å². The zero-order valence-corrected chi connectivity index (χ0v) is 26.0. The molecule has 0 saturated heterocycles. The van der Waals surface area contributed by atoms with E-state index < -0.39 is 12.0 Å². The maximum absolute atomic E-state index is 12.2. The van der Waals surface area contributed by atoms with Crippen LogP contribution >= 0.6 is 0 Å². The van der Waals surface area contributed by atoms with Crippen molar-refractivity contribution in [3.8, 4) is 11.5 Å². The summed E-state index contributed by atoms with van der Waals surface area (Å²) in [6, 6.07) is 19.9. The Balaban J connectivity index is 1.50. The summed E-state index contributed by atoms with van der Waals surface area (Å²) in [6.07, 6.45) is 2.98. The van der Waals surface area contributed by atoms with E-state index in [4.69, 9.17) is 25.7 Å². The molecule has 0 bridgehead atoms. The maximum Gasteiger partial charge on any atom is 0.344 e. The van der Waals surface area contributed by atoms with E-state index in [1.54, 1.807) is 0 Å². The van der Waals surface area contributed by atoms with Gasteiger partial charge in [0, 0.05) is 0 Å². The molecule has 1 amide bonds. The minimum absolute atomic E-state index is 0.0505. The molecule has 0 radical (unpaired) electrons. The highest BCUT2D eigenvalue weighted by atomic mass is 16.6. The zero-order valence-electron chi connectivity index (χ0n) is 26.0. The van der Waals surface area contributed by atoms with Gasteiger partial charge in [0.1, 0.15) is 24.7 Å². The van der Waals surface area contributed by atoms with Crippen molar-refractivity contribution in [2.45, 2.75) is 71.9 Å². The number of aryl methyl sites for hydroxylation is 2. The third-order valence-corrected chi connectivity index (χ3v) is 7.31. The number of esters is 1. The quantitative estimate of drug-likeness (QED) is 0.148. The number of hydrogen-bond acceptors (Lipinski definition) is 7. The van der Waals surface area contributed by atoms with E-state index in [2.05, 4.69) is 63.3 Å². The third-order valence-electron chi connectivity index (χ3n) is 7.31. The van der Waals surface area contributed by atoms with Crippen molar-refractivity contribution in [2.24, 2.45) is 11.5 Å². The van der Waals surface area contributed by atoms with E-state index in [1.807, 2.05) is 30.3 Å². The fourth-order valence-electron chi connectivity index (χ4n) is 4.84. The lowest BCUT2D eigenvalue weighted by molar-refractivity contribution is -0.146. The fourth-order valence-corrected chi connectivity index (χ4v) is 4.84. The van der Waals surface area contributed by atoms with Gasteiger partial charge in [0.25, 0.3) is 0 Å². The summed E-state index contributed by atoms with van der Waals surface area (Å²) in [6.45, 7) is 9.61. The lowest BCUT2D eigenvalue weighted by atomic mass is 9.93. The molecule has 0 fully saturated rings. The van der Waals surface area contributed by atoms with Gasteiger partial charge in [-0.1, -0.05) is 62.7 Å². The van der Waals surface area contributed by atoms with Crippen LogP contribution in [0.5, 0.6) is 11.5 Å². The van der Waals surface area contributed by atoms with Crippen molar-refractivity contribution >= 4 is 11.9 Å². The van der Waals surface area contributed by atoms with Crippen molar-refractivity contribution in [3.05, 3.63) is 94.0 Å². The van der Waals surface area contributed by atoms with E-state index in [-0.39, 0.29) is 25.7 Å². The van der Waals surface area contributed by atoms with Gasteiger partial charge in [-0.05, 0) is 97.2 Å². The number of rotatable bonds is 17. The Hall–Kier alpha value is -3.88. The molecule has 0 aliphatic heterocycles. The Bertz CT molecular complexity index is 1300. The highest BCUT2D eigenvalue weighted by molar-refractivity contribution is 5.81. The van der Waals surface area contributed by atoms with Crippen LogP contribution in [0.1, 0.15) is 72.4 Å². The van der Waals surface area contributed by atoms with Crippen LogP contribution in [0, 0.1) is 13.8 Å². The van der Waals surface area contributed by atoms with Gasteiger partial charge in [-0.3, -0.25) is 4.79 Å². The number of carbonyl (C=O) groups excluding carboxylic acids is 2. The SMILES string of the molecule is Cc1cc(OCC(=O)OCCNC(=O)C(N)CCCCN)cc(C)c1Cc1ccc(OCc2ccccc2)c(C(C)C)c1. The molecule has 232 valence electrons. The Labute approximate surface area is 256 Å². The molecule has 8 heteroatoms. The molecule has 8 nitrogen and oxygen atoms in total. The molecular formula is C35H47N3O5. The van der Waals surface area contributed by atoms with Crippen molar-refractivity contribution in [2.75, 3.05) is 26.3 Å². The Morgan fingerprint density at radius 1 is 0.907 bits per heavy atom. The van der Waals surface area contributed by atoms with E-state index in [0.717, 1.165) is 41.7 Å². The van der Waals surface area contributed by atoms with Crippen LogP contribution in [0.15, 0.2) is 60.7 Å². The van der Waals surface area contributed by atoms with Gasteiger partial charge in [0.05, 0.1) is 12.6 Å². The van der Waals surface area contributed by atoms with Crippen LogP contribution in [0.3, 0.4) is 0 Å². The highest BCUT2D eigenvalue weighted by Crippen LogP contribution is 2.31. The number of nitrogens with two attached hydrogens (primary N) is 2. The molecule has 5 N–H and O–H groups in total. The molecule has 0 spiro atoms. The predicted molar refractivity (Wildman–Crippen MR) is 170 cm³/mol. The predicted octanol–water partition coefficient (Wildman–Crippen LogP) is 5.09. The van der Waals surface area contributed by atoms with Gasteiger partial charge in [-0.15, -0.1) is 0 Å². The van der Waals surface area contributed by atoms with E-state index >= 15 is 0 Å². The van der Waals surface area contributed by atoms with Crippen LogP contribution in [-0.4, -0.2) is 44.2 Å². The second-order valence-corrected chi connectivity index (χ2v) is 11.2. The highest BCUT2D eigenvalue weighted by Gasteiger charge is 2.15. The average Bonchev–Trinajstić information content (AvgIpc) is 2.99. The molecule has 0 saturated carbocycles. The number of nitrogens with one attached hydrogen (secondary N) is 1. The molecule has 0 aliphatic carbocycles. The van der Waals surface area contributed by atoms with E-state index in [0.29, 0.717) is 31.2 Å². The summed E-state index contributed by atoms with van der Waals surface area (Å²) < 4.78 is 17.1. The van der Waals surface area contributed by atoms with Crippen LogP contribution < -0.4 is 26.3 Å². The van der Waals surface area contributed by atoms with Crippen LogP contribution in [0.25, 0.3) is 0 Å². The number of carbonyl (C=O) groups is 2. The van der Waals surface area contributed by atoms with Gasteiger partial charge in [-0.2, -0.15) is 0 Å². The summed E-state index contributed by atoms with van der Waals surface area (Å²) in [7, 11) is 0. The van der Waals surface area contributed by atoms with Crippen molar-refractivity contribution in [1.82, 2.24) is 5.32 Å². The summed E-state index contributed by atoms with van der Waals surface area (Å²) in [4.78, 5) is 24.2. The van der Waals surface area contributed by atoms with Crippen molar-refractivity contribution in [3.63, 3.8) is 0 Å². The fraction of sp³-hybridized carbons (Fsp3) is 0.429. The van der Waals surface area contributed by atoms with Crippen LogP contribution in [0.2, 0.25) is 0 Å². The smallest absolute Gasteiger partial charge is 0.344 e. The second-order valence-electron chi connectivity index (χ2n) is 11.2. The largest absolute Gasteiger partial charge is 0.489 e. The molecule has 3 aromatic rings. The summed E-state index contributed by atoms with van der Waals surface area (Å²) in [5, 5.41) is 2.68. The first-order chi connectivity index (χ1) is 20.7. The molecule has 1 unspecified atom stereocenters. The second kappa shape index (κ2) is 17.3. The maximum atomic E-state index is 12.2. The van der Waals surface area contributed by atoms with Gasteiger partial charge in [-0.25, -0.2) is 4.79 Å². The Morgan fingerprint density at radius 2 is 1.63 bits per heavy atom. The molecule has 0 heterocycles. The number of ether oxygens (including phenoxy) is 3. The zero-order chi connectivity index (χ0) is 31.2. The number of unbranched alkanes of at least 4 members (excludes halogenated alkanes) is 1. The molecule has 0 aromatic heterocycles. The normalized spacial score (nSPS) is 11.7. The van der Waals surface area contributed by atoms with Crippen molar-refractivity contribution in [1.29, 1.82) is 0 Å². The Morgan fingerprint density at radius 3 is 2.30 bits per heavy atom. The molecular weight excluding hydrogens is 542 g/mol. The minimum atomic E-state index is -0.587. The lowest BCUT2D eigenvalue weighted by Crippen LogP contribution is -2.42. The lowest BCUT2D eigenvalue weighted by Gasteiger charge is -2.18. The number of benzene rings is 3. The summed E-state index contributed by atoms with van der Waals surface area (Å²) >= 11 is 0. The number of hydrogen-bond donors (Lipinski definition) is 3. The summed E-state index contributed by atoms with van der Waals surface area (Å²) in [5.74, 6) is 1.08.